The van der Waals surface area contributed by atoms with Crippen molar-refractivity contribution in [2.45, 2.75) is 32.3 Å². The smallest absolute Gasteiger partial charge is 0.309 e. The van der Waals surface area contributed by atoms with Crippen LogP contribution < -0.4 is 9.47 Å². The summed E-state index contributed by atoms with van der Waals surface area (Å²) in [4.78, 5) is 17.5. The zero-order valence-corrected chi connectivity index (χ0v) is 20.8. The van der Waals surface area contributed by atoms with Gasteiger partial charge >= 0.3 is 5.97 Å². The number of methoxy groups -OCH3 is 2. The zero-order valence-electron chi connectivity index (χ0n) is 20.0. The van der Waals surface area contributed by atoms with Gasteiger partial charge in [0, 0.05) is 34.7 Å². The van der Waals surface area contributed by atoms with Gasteiger partial charge < -0.3 is 19.3 Å². The van der Waals surface area contributed by atoms with E-state index in [1.807, 2.05) is 30.3 Å². The first-order chi connectivity index (χ1) is 16.8. The van der Waals surface area contributed by atoms with Crippen molar-refractivity contribution in [3.63, 3.8) is 0 Å². The van der Waals surface area contributed by atoms with Crippen LogP contribution in [0, 0.1) is 11.7 Å². The first kappa shape index (κ1) is 26.1. The quantitative estimate of drug-likeness (QED) is 0.227. The van der Waals surface area contributed by atoms with Gasteiger partial charge in [-0.1, -0.05) is 55.5 Å². The fourth-order valence-electron chi connectivity index (χ4n) is 3.94. The van der Waals surface area contributed by atoms with Crippen molar-refractivity contribution < 1.29 is 28.5 Å². The summed E-state index contributed by atoms with van der Waals surface area (Å²) in [6, 6.07) is 15.4. The van der Waals surface area contributed by atoms with Gasteiger partial charge in [0.2, 0.25) is 0 Å². The minimum Gasteiger partial charge on any atom is -0.503 e. The third kappa shape index (κ3) is 6.14. The second-order valence-electron chi connectivity index (χ2n) is 8.16. The number of esters is 1. The van der Waals surface area contributed by atoms with Gasteiger partial charge in [-0.2, -0.15) is 0 Å². The summed E-state index contributed by atoms with van der Waals surface area (Å²) in [7, 11) is 2.91. The van der Waals surface area contributed by atoms with Gasteiger partial charge in [-0.05, 0) is 25.0 Å². The van der Waals surface area contributed by atoms with Crippen molar-refractivity contribution in [1.82, 2.24) is 4.98 Å². The molecule has 184 valence electrons. The lowest BCUT2D eigenvalue weighted by atomic mass is 9.86. The molecule has 3 rings (SSSR count). The molecule has 0 saturated carbocycles. The highest BCUT2D eigenvalue weighted by molar-refractivity contribution is 7.80. The minimum atomic E-state index is -0.594. The molecule has 0 fully saturated rings. The summed E-state index contributed by atoms with van der Waals surface area (Å²) in [6.07, 6.45) is 1.04. The molecular formula is C27H28FNO5S. The van der Waals surface area contributed by atoms with Gasteiger partial charge in [-0.15, -0.1) is 0 Å². The monoisotopic (exact) mass is 497 g/mol. The lowest BCUT2D eigenvalue weighted by Gasteiger charge is -2.27. The topological polar surface area (TPSA) is 77.9 Å². The van der Waals surface area contributed by atoms with Crippen molar-refractivity contribution in [3.05, 3.63) is 83.4 Å². The third-order valence-corrected chi connectivity index (χ3v) is 6.09. The molecule has 0 radical (unpaired) electrons. The van der Waals surface area contributed by atoms with Gasteiger partial charge in [-0.3, -0.25) is 9.78 Å². The van der Waals surface area contributed by atoms with Crippen molar-refractivity contribution in [1.29, 1.82) is 0 Å². The first-order valence-corrected chi connectivity index (χ1v) is 11.5. The van der Waals surface area contributed by atoms with Crippen LogP contribution >= 0.6 is 12.2 Å². The lowest BCUT2D eigenvalue weighted by Crippen LogP contribution is -2.28. The number of aromatic hydroxyl groups is 1. The Hall–Kier alpha value is -3.52. The third-order valence-electron chi connectivity index (χ3n) is 5.73. The number of halogens is 1. The number of pyridine rings is 1. The molecule has 0 bridgehead atoms. The van der Waals surface area contributed by atoms with Crippen LogP contribution in [-0.2, 0) is 9.53 Å². The molecule has 6 nitrogen and oxygen atoms in total. The van der Waals surface area contributed by atoms with Crippen LogP contribution in [-0.4, -0.2) is 41.2 Å². The number of nitrogens with zero attached hydrogens (tertiary/aromatic N) is 1. The van der Waals surface area contributed by atoms with Crippen LogP contribution in [0.5, 0.6) is 17.2 Å². The van der Waals surface area contributed by atoms with E-state index in [0.717, 1.165) is 5.56 Å². The maximum Gasteiger partial charge on any atom is 0.309 e. The number of rotatable bonds is 10. The molecule has 0 saturated heterocycles. The Morgan fingerprint density at radius 1 is 1.06 bits per heavy atom. The minimum absolute atomic E-state index is 0.157. The molecule has 2 aromatic carbocycles. The fraction of sp³-hybridized carbons (Fsp3) is 0.296. The second kappa shape index (κ2) is 11.8. The van der Waals surface area contributed by atoms with Crippen molar-refractivity contribution in [3.8, 4) is 17.2 Å². The summed E-state index contributed by atoms with van der Waals surface area (Å²) in [5, 5.41) is 10.3. The number of hydrogen-bond donors (Lipinski definition) is 1. The zero-order chi connectivity index (χ0) is 25.5. The van der Waals surface area contributed by atoms with Gasteiger partial charge in [0.05, 0.1) is 20.1 Å². The molecule has 0 aliphatic carbocycles. The lowest BCUT2D eigenvalue weighted by molar-refractivity contribution is -0.153. The van der Waals surface area contributed by atoms with Crippen LogP contribution in [0.15, 0.2) is 60.8 Å². The van der Waals surface area contributed by atoms with E-state index in [1.54, 1.807) is 19.9 Å². The van der Waals surface area contributed by atoms with E-state index in [0.29, 0.717) is 16.2 Å². The van der Waals surface area contributed by atoms with E-state index in [1.165, 1.54) is 38.6 Å². The maximum atomic E-state index is 13.8. The number of ether oxygens (including phenoxy) is 3. The normalized spacial score (nSPS) is 13.4. The number of aromatic nitrogens is 1. The number of thiocarbonyl (C=S) groups is 1. The highest BCUT2D eigenvalue weighted by Crippen LogP contribution is 2.36. The van der Waals surface area contributed by atoms with Gasteiger partial charge in [0.1, 0.15) is 23.4 Å². The van der Waals surface area contributed by atoms with Crippen LogP contribution in [0.2, 0.25) is 0 Å². The van der Waals surface area contributed by atoms with Gasteiger partial charge in [0.25, 0.3) is 0 Å². The van der Waals surface area contributed by atoms with Crippen molar-refractivity contribution >= 4 is 23.1 Å². The molecule has 0 amide bonds. The summed E-state index contributed by atoms with van der Waals surface area (Å²) in [6.45, 7) is 3.49. The molecule has 3 atom stereocenters. The fourth-order valence-corrected chi connectivity index (χ4v) is 4.34. The molecule has 0 aliphatic rings. The molecule has 35 heavy (non-hydrogen) atoms. The maximum absolute atomic E-state index is 13.8. The predicted molar refractivity (Wildman–Crippen MR) is 135 cm³/mol. The molecule has 0 spiro atoms. The van der Waals surface area contributed by atoms with Crippen LogP contribution in [0.1, 0.15) is 43.0 Å². The van der Waals surface area contributed by atoms with E-state index in [-0.39, 0.29) is 29.5 Å². The predicted octanol–water partition coefficient (Wildman–Crippen LogP) is 5.45. The summed E-state index contributed by atoms with van der Waals surface area (Å²) in [5.74, 6) is -1.40. The number of hydrogen-bond acceptors (Lipinski definition) is 7. The van der Waals surface area contributed by atoms with E-state index < -0.39 is 23.8 Å². The van der Waals surface area contributed by atoms with Crippen LogP contribution in [0.3, 0.4) is 0 Å². The summed E-state index contributed by atoms with van der Waals surface area (Å²) in [5.41, 5.74) is 1.80. The Balaban J connectivity index is 1.80. The summed E-state index contributed by atoms with van der Waals surface area (Å²) < 4.78 is 30.2. The van der Waals surface area contributed by atoms with Gasteiger partial charge in [-0.25, -0.2) is 4.39 Å². The molecule has 8 heteroatoms. The Morgan fingerprint density at radius 2 is 1.74 bits per heavy atom. The van der Waals surface area contributed by atoms with E-state index >= 15 is 0 Å². The number of carbonyl (C=O) groups is 1. The van der Waals surface area contributed by atoms with Gasteiger partial charge in [0.15, 0.2) is 11.5 Å². The molecular weight excluding hydrogens is 469 g/mol. The highest BCUT2D eigenvalue weighted by atomic mass is 32.1. The molecule has 0 aliphatic heterocycles. The molecule has 1 N–H and O–H groups in total. The second-order valence-corrected chi connectivity index (χ2v) is 8.65. The molecule has 1 aromatic heterocycles. The largest absolute Gasteiger partial charge is 0.503 e. The van der Waals surface area contributed by atoms with E-state index in [4.69, 9.17) is 26.4 Å². The average Bonchev–Trinajstić information content (AvgIpc) is 2.85. The Kier molecular flexibility index (Phi) is 8.76. The Labute approximate surface area is 209 Å². The molecule has 0 unspecified atom stereocenters. The Morgan fingerprint density at radius 3 is 2.40 bits per heavy atom. The number of benzene rings is 2. The number of carbonyl (C=O) groups excluding carboxylic acids is 1. The van der Waals surface area contributed by atoms with E-state index in [9.17, 15) is 14.3 Å². The van der Waals surface area contributed by atoms with Crippen LogP contribution in [0.4, 0.5) is 4.39 Å². The SMILES string of the molecule is COc1cc(F)ccc1[C@H](c1ccccc1)[C@H](C)OC(=O)[C@H](C)CC(=S)c1nccc(OC)c1O. The summed E-state index contributed by atoms with van der Waals surface area (Å²) >= 11 is 5.44. The van der Waals surface area contributed by atoms with Crippen molar-refractivity contribution in [2.24, 2.45) is 5.92 Å². The molecule has 1 heterocycles. The Bertz CT molecular complexity index is 1190. The standard InChI is InChI=1S/C27H28FNO5S/c1-16(14-23(35)25-26(30)21(32-3)12-13-29-25)27(31)34-17(2)24(18-8-6-5-7-9-18)20-11-10-19(28)15-22(20)33-4/h5-13,15-17,24,30H,14H2,1-4H3/t16-,17+,24+/m1/s1. The average molecular weight is 498 g/mol. The first-order valence-electron chi connectivity index (χ1n) is 11.1. The van der Waals surface area contributed by atoms with E-state index in [2.05, 4.69) is 4.98 Å². The molecule has 3 aromatic rings. The van der Waals surface area contributed by atoms with Crippen LogP contribution in [0.25, 0.3) is 0 Å². The van der Waals surface area contributed by atoms with Crippen molar-refractivity contribution in [2.75, 3.05) is 14.2 Å². The highest BCUT2D eigenvalue weighted by Gasteiger charge is 2.30.